The molecule has 0 radical (unpaired) electrons. The summed E-state index contributed by atoms with van der Waals surface area (Å²) in [4.78, 5) is 28.0. The first-order chi connectivity index (χ1) is 11.0. The predicted octanol–water partition coefficient (Wildman–Crippen LogP) is 2.18. The van der Waals surface area contributed by atoms with Crippen molar-refractivity contribution in [1.82, 2.24) is 10.2 Å². The highest BCUT2D eigenvalue weighted by Gasteiger charge is 2.32. The van der Waals surface area contributed by atoms with Gasteiger partial charge in [0, 0.05) is 25.3 Å². The van der Waals surface area contributed by atoms with E-state index >= 15 is 0 Å². The molecule has 0 bridgehead atoms. The maximum absolute atomic E-state index is 12.4. The van der Waals surface area contributed by atoms with E-state index < -0.39 is 5.91 Å². The molecular weight excluding hydrogens is 310 g/mol. The van der Waals surface area contributed by atoms with E-state index in [4.69, 9.17) is 12.2 Å². The fourth-order valence-corrected chi connectivity index (χ4v) is 2.82. The van der Waals surface area contributed by atoms with Gasteiger partial charge in [-0.1, -0.05) is 12.1 Å². The smallest absolute Gasteiger partial charge is 0.265 e. The number of carbonyl (C=O) groups excluding carboxylic acids is 2. The minimum Gasteiger partial charge on any atom is -0.372 e. The molecule has 0 aromatic heterocycles. The number of amides is 2. The van der Waals surface area contributed by atoms with E-state index in [1.807, 2.05) is 31.2 Å². The van der Waals surface area contributed by atoms with Gasteiger partial charge in [0.1, 0.15) is 5.57 Å². The molecule has 1 aliphatic heterocycles. The van der Waals surface area contributed by atoms with Crippen LogP contribution in [0.1, 0.15) is 26.3 Å². The zero-order chi connectivity index (χ0) is 17.0. The number of rotatable bonds is 5. The highest BCUT2D eigenvalue weighted by Crippen LogP contribution is 2.18. The summed E-state index contributed by atoms with van der Waals surface area (Å²) in [5.74, 6) is -0.799. The Morgan fingerprint density at radius 3 is 2.26 bits per heavy atom. The lowest BCUT2D eigenvalue weighted by atomic mass is 10.1. The molecule has 1 aromatic rings. The lowest BCUT2D eigenvalue weighted by molar-refractivity contribution is -0.128. The van der Waals surface area contributed by atoms with Crippen LogP contribution >= 0.6 is 12.2 Å². The minimum atomic E-state index is -0.447. The Labute approximate surface area is 142 Å². The van der Waals surface area contributed by atoms with E-state index in [2.05, 4.69) is 24.1 Å². The number of thiocarbonyl (C=S) groups is 1. The van der Waals surface area contributed by atoms with Gasteiger partial charge >= 0.3 is 0 Å². The maximum atomic E-state index is 12.4. The second-order valence-electron chi connectivity index (χ2n) is 5.13. The zero-order valence-electron chi connectivity index (χ0n) is 13.6. The number of anilines is 1. The standard InChI is InChI=1S/C17H21N3O2S/c1-4-19(5-2)13-9-7-12(8-10-13)11-14-15(21)18-17(23)20(6-3)16(14)22/h7-11H,4-6H2,1-3H3,(H,18,21,23)/b14-11+. The number of nitrogens with one attached hydrogen (secondary N) is 1. The first-order valence-corrected chi connectivity index (χ1v) is 8.16. The Hall–Kier alpha value is -2.21. The molecule has 1 saturated heterocycles. The molecule has 0 spiro atoms. The summed E-state index contributed by atoms with van der Waals surface area (Å²) >= 11 is 5.01. The van der Waals surface area contributed by atoms with Gasteiger partial charge in [-0.25, -0.2) is 0 Å². The lowest BCUT2D eigenvalue weighted by Crippen LogP contribution is -2.53. The van der Waals surface area contributed by atoms with Gasteiger partial charge in [0.25, 0.3) is 11.8 Å². The second-order valence-corrected chi connectivity index (χ2v) is 5.52. The van der Waals surface area contributed by atoms with Crippen LogP contribution in [-0.4, -0.2) is 41.5 Å². The maximum Gasteiger partial charge on any atom is 0.265 e. The van der Waals surface area contributed by atoms with Gasteiger partial charge in [-0.2, -0.15) is 0 Å². The molecule has 122 valence electrons. The van der Waals surface area contributed by atoms with E-state index in [1.54, 1.807) is 6.08 Å². The zero-order valence-corrected chi connectivity index (χ0v) is 14.4. The summed E-state index contributed by atoms with van der Waals surface area (Å²) in [6, 6.07) is 7.80. The topological polar surface area (TPSA) is 52.7 Å². The lowest BCUT2D eigenvalue weighted by Gasteiger charge is -2.27. The molecule has 0 atom stereocenters. The molecule has 6 heteroatoms. The van der Waals surface area contributed by atoms with Crippen LogP contribution in [0.3, 0.4) is 0 Å². The van der Waals surface area contributed by atoms with Crippen molar-refractivity contribution in [2.24, 2.45) is 0 Å². The quantitative estimate of drug-likeness (QED) is 0.510. The van der Waals surface area contributed by atoms with Crippen LogP contribution in [0.15, 0.2) is 29.8 Å². The predicted molar refractivity (Wildman–Crippen MR) is 96.1 cm³/mol. The van der Waals surface area contributed by atoms with Crippen LogP contribution < -0.4 is 10.2 Å². The van der Waals surface area contributed by atoms with Crippen molar-refractivity contribution in [2.75, 3.05) is 24.5 Å². The number of hydrogen-bond donors (Lipinski definition) is 1. The Bertz CT molecular complexity index is 648. The Balaban J connectivity index is 2.28. The van der Waals surface area contributed by atoms with E-state index in [9.17, 15) is 9.59 Å². The third-order valence-corrected chi connectivity index (χ3v) is 4.16. The Morgan fingerprint density at radius 1 is 1.13 bits per heavy atom. The molecule has 1 aliphatic rings. The molecule has 1 fully saturated rings. The van der Waals surface area contributed by atoms with Crippen molar-refractivity contribution in [1.29, 1.82) is 0 Å². The van der Waals surface area contributed by atoms with Crippen molar-refractivity contribution in [3.8, 4) is 0 Å². The summed E-state index contributed by atoms with van der Waals surface area (Å²) in [5, 5.41) is 2.71. The number of benzene rings is 1. The van der Waals surface area contributed by atoms with Crippen molar-refractivity contribution in [3.05, 3.63) is 35.4 Å². The van der Waals surface area contributed by atoms with E-state index in [0.29, 0.717) is 6.54 Å². The van der Waals surface area contributed by atoms with Crippen molar-refractivity contribution >= 4 is 40.9 Å². The summed E-state index contributed by atoms with van der Waals surface area (Å²) < 4.78 is 0. The van der Waals surface area contributed by atoms with Crippen LogP contribution in [0.5, 0.6) is 0 Å². The van der Waals surface area contributed by atoms with Crippen LogP contribution in [0.2, 0.25) is 0 Å². The molecule has 5 nitrogen and oxygen atoms in total. The molecule has 23 heavy (non-hydrogen) atoms. The summed E-state index contributed by atoms with van der Waals surface area (Å²) in [7, 11) is 0. The van der Waals surface area contributed by atoms with Gasteiger partial charge in [0.2, 0.25) is 0 Å². The minimum absolute atomic E-state index is 0.107. The highest BCUT2D eigenvalue weighted by molar-refractivity contribution is 7.80. The SMILES string of the molecule is CCN1C(=O)/C(=C/c2ccc(N(CC)CC)cc2)C(=O)NC1=S. The number of likely N-dealkylation sites (N-methyl/N-ethyl adjacent to an activating group) is 1. The summed E-state index contributed by atoms with van der Waals surface area (Å²) in [6.07, 6.45) is 1.61. The van der Waals surface area contributed by atoms with Gasteiger partial charge in [0.05, 0.1) is 0 Å². The normalized spacial score (nSPS) is 16.7. The largest absolute Gasteiger partial charge is 0.372 e. The highest BCUT2D eigenvalue weighted by atomic mass is 32.1. The first kappa shape index (κ1) is 17.1. The van der Waals surface area contributed by atoms with Gasteiger partial charge in [-0.3, -0.25) is 19.8 Å². The van der Waals surface area contributed by atoms with E-state index in [1.165, 1.54) is 4.90 Å². The molecule has 2 rings (SSSR count). The van der Waals surface area contributed by atoms with Gasteiger partial charge in [-0.15, -0.1) is 0 Å². The summed E-state index contributed by atoms with van der Waals surface area (Å²) in [5.41, 5.74) is 2.03. The molecule has 0 aliphatic carbocycles. The van der Waals surface area contributed by atoms with Crippen LogP contribution in [-0.2, 0) is 9.59 Å². The fourth-order valence-electron chi connectivity index (χ4n) is 2.52. The Morgan fingerprint density at radius 2 is 1.74 bits per heavy atom. The van der Waals surface area contributed by atoms with E-state index in [-0.39, 0.29) is 16.6 Å². The fraction of sp³-hybridized carbons (Fsp3) is 0.353. The average Bonchev–Trinajstić information content (AvgIpc) is 2.54. The molecule has 1 aromatic carbocycles. The van der Waals surface area contributed by atoms with Crippen LogP contribution in [0.4, 0.5) is 5.69 Å². The Kier molecular flexibility index (Phi) is 5.50. The van der Waals surface area contributed by atoms with Gasteiger partial charge in [-0.05, 0) is 56.8 Å². The van der Waals surface area contributed by atoms with Crippen molar-refractivity contribution in [2.45, 2.75) is 20.8 Å². The second kappa shape index (κ2) is 7.37. The van der Waals surface area contributed by atoms with Crippen LogP contribution in [0.25, 0.3) is 6.08 Å². The molecule has 1 N–H and O–H groups in total. The molecular formula is C17H21N3O2S. The van der Waals surface area contributed by atoms with Gasteiger partial charge in [0.15, 0.2) is 5.11 Å². The summed E-state index contributed by atoms with van der Waals surface area (Å²) in [6.45, 7) is 8.31. The monoisotopic (exact) mass is 331 g/mol. The molecule has 0 unspecified atom stereocenters. The molecule has 1 heterocycles. The first-order valence-electron chi connectivity index (χ1n) is 7.75. The van der Waals surface area contributed by atoms with Crippen molar-refractivity contribution in [3.63, 3.8) is 0 Å². The van der Waals surface area contributed by atoms with Crippen molar-refractivity contribution < 1.29 is 9.59 Å². The number of carbonyl (C=O) groups is 2. The van der Waals surface area contributed by atoms with Gasteiger partial charge < -0.3 is 4.90 Å². The number of hydrogen-bond acceptors (Lipinski definition) is 4. The number of nitrogens with zero attached hydrogens (tertiary/aromatic N) is 2. The van der Waals surface area contributed by atoms with Crippen LogP contribution in [0, 0.1) is 0 Å². The average molecular weight is 331 g/mol. The third-order valence-electron chi connectivity index (χ3n) is 3.83. The van der Waals surface area contributed by atoms with E-state index in [0.717, 1.165) is 24.3 Å². The molecule has 2 amide bonds. The molecule has 0 saturated carbocycles. The third kappa shape index (κ3) is 3.59.